The van der Waals surface area contributed by atoms with Crippen LogP contribution in [0.1, 0.15) is 36.3 Å². The van der Waals surface area contributed by atoms with E-state index in [0.717, 1.165) is 37.7 Å². The van der Waals surface area contributed by atoms with Crippen LogP contribution < -0.4 is 10.6 Å². The molecule has 25 heavy (non-hydrogen) atoms. The molecule has 2 heterocycles. The van der Waals surface area contributed by atoms with E-state index in [0.29, 0.717) is 18.3 Å². The molecular weight excluding hydrogens is 316 g/mol. The largest absolute Gasteiger partial charge is 0.381 e. The Hall–Kier alpha value is -2.34. The van der Waals surface area contributed by atoms with E-state index in [9.17, 15) is 4.79 Å². The van der Waals surface area contributed by atoms with Gasteiger partial charge in [0.1, 0.15) is 5.82 Å². The molecule has 1 atom stereocenters. The van der Waals surface area contributed by atoms with Gasteiger partial charge in [-0.05, 0) is 36.3 Å². The third kappa shape index (κ3) is 4.20. The number of aromatic nitrogens is 2. The average molecular weight is 340 g/mol. The predicted molar refractivity (Wildman–Crippen MR) is 95.4 cm³/mol. The number of ether oxygens (including phenoxy) is 1. The van der Waals surface area contributed by atoms with Crippen molar-refractivity contribution in [1.29, 1.82) is 0 Å². The Morgan fingerprint density at radius 3 is 2.76 bits per heavy atom. The van der Waals surface area contributed by atoms with Crippen LogP contribution in [0.5, 0.6) is 0 Å². The van der Waals surface area contributed by atoms with Crippen LogP contribution in [0.3, 0.4) is 0 Å². The van der Waals surface area contributed by atoms with Crippen LogP contribution in [0, 0.1) is 5.92 Å². The highest BCUT2D eigenvalue weighted by Gasteiger charge is 2.23. The maximum Gasteiger partial charge on any atom is 0.320 e. The lowest BCUT2D eigenvalue weighted by Crippen LogP contribution is -2.29. The van der Waals surface area contributed by atoms with Crippen molar-refractivity contribution < 1.29 is 9.53 Å². The normalized spacial score (nSPS) is 19.8. The molecule has 2 aromatic rings. The molecule has 1 saturated carbocycles. The molecule has 6 heteroatoms. The van der Waals surface area contributed by atoms with E-state index >= 15 is 0 Å². The highest BCUT2D eigenvalue weighted by atomic mass is 16.5. The van der Waals surface area contributed by atoms with Gasteiger partial charge < -0.3 is 10.1 Å². The summed E-state index contributed by atoms with van der Waals surface area (Å²) in [5, 5.41) is 10.1. The second kappa shape index (κ2) is 7.27. The Morgan fingerprint density at radius 1 is 1.20 bits per heavy atom. The monoisotopic (exact) mass is 340 g/mol. The lowest BCUT2D eigenvalue weighted by Gasteiger charge is -2.13. The summed E-state index contributed by atoms with van der Waals surface area (Å²) in [6.07, 6.45) is 5.37. The number of urea groups is 1. The molecule has 1 aromatic heterocycles. The molecule has 1 aliphatic carbocycles. The van der Waals surface area contributed by atoms with Gasteiger partial charge in [0, 0.05) is 31.7 Å². The molecule has 6 nitrogen and oxygen atoms in total. The molecule has 0 spiro atoms. The highest BCUT2D eigenvalue weighted by molar-refractivity contribution is 5.88. The van der Waals surface area contributed by atoms with Gasteiger partial charge in [0.15, 0.2) is 0 Å². The second-order valence-electron chi connectivity index (χ2n) is 6.95. The SMILES string of the molecule is O=C(NCc1ccc(C2CC2)cc1)Nc1ccnn1C[C@@H]1CCOC1. The van der Waals surface area contributed by atoms with Crippen molar-refractivity contribution in [2.45, 2.75) is 38.3 Å². The van der Waals surface area contributed by atoms with Gasteiger partial charge in [-0.2, -0.15) is 5.10 Å². The zero-order valence-electron chi connectivity index (χ0n) is 14.3. The zero-order chi connectivity index (χ0) is 17.1. The van der Waals surface area contributed by atoms with Crippen LogP contribution in [0.15, 0.2) is 36.5 Å². The Labute approximate surface area is 147 Å². The fraction of sp³-hybridized carbons (Fsp3) is 0.474. The maximum absolute atomic E-state index is 12.2. The van der Waals surface area contributed by atoms with Gasteiger partial charge in [-0.25, -0.2) is 9.48 Å². The first-order valence-electron chi connectivity index (χ1n) is 9.01. The van der Waals surface area contributed by atoms with Gasteiger partial charge in [-0.15, -0.1) is 0 Å². The van der Waals surface area contributed by atoms with Crippen LogP contribution in [-0.4, -0.2) is 29.0 Å². The molecule has 2 amide bonds. The molecule has 4 rings (SSSR count). The van der Waals surface area contributed by atoms with Crippen molar-refractivity contribution in [2.75, 3.05) is 18.5 Å². The number of hydrogen-bond donors (Lipinski definition) is 2. The number of carbonyl (C=O) groups is 1. The summed E-state index contributed by atoms with van der Waals surface area (Å²) in [5.41, 5.74) is 2.52. The summed E-state index contributed by atoms with van der Waals surface area (Å²) < 4.78 is 7.24. The van der Waals surface area contributed by atoms with E-state index < -0.39 is 0 Å². The van der Waals surface area contributed by atoms with E-state index in [-0.39, 0.29) is 6.03 Å². The molecular formula is C19H24N4O2. The van der Waals surface area contributed by atoms with Gasteiger partial charge in [0.25, 0.3) is 0 Å². The van der Waals surface area contributed by atoms with Crippen LogP contribution in [-0.2, 0) is 17.8 Å². The molecule has 1 aromatic carbocycles. The summed E-state index contributed by atoms with van der Waals surface area (Å²) in [4.78, 5) is 12.2. The van der Waals surface area contributed by atoms with Crippen molar-refractivity contribution in [1.82, 2.24) is 15.1 Å². The first-order valence-corrected chi connectivity index (χ1v) is 9.01. The quantitative estimate of drug-likeness (QED) is 0.849. The lowest BCUT2D eigenvalue weighted by molar-refractivity contribution is 0.181. The van der Waals surface area contributed by atoms with Gasteiger partial charge in [-0.3, -0.25) is 5.32 Å². The highest BCUT2D eigenvalue weighted by Crippen LogP contribution is 2.39. The molecule has 1 saturated heterocycles. The third-order valence-electron chi connectivity index (χ3n) is 4.89. The van der Waals surface area contributed by atoms with Crippen LogP contribution >= 0.6 is 0 Å². The van der Waals surface area contributed by atoms with Gasteiger partial charge in [-0.1, -0.05) is 24.3 Å². The van der Waals surface area contributed by atoms with Crippen LogP contribution in [0.25, 0.3) is 0 Å². The number of nitrogens with one attached hydrogen (secondary N) is 2. The van der Waals surface area contributed by atoms with Gasteiger partial charge >= 0.3 is 6.03 Å². The summed E-state index contributed by atoms with van der Waals surface area (Å²) in [6.45, 7) is 2.86. The summed E-state index contributed by atoms with van der Waals surface area (Å²) in [7, 11) is 0. The number of anilines is 1. The smallest absolute Gasteiger partial charge is 0.320 e. The first-order chi connectivity index (χ1) is 12.3. The summed E-state index contributed by atoms with van der Waals surface area (Å²) >= 11 is 0. The van der Waals surface area contributed by atoms with E-state index in [1.54, 1.807) is 6.20 Å². The molecule has 132 valence electrons. The van der Waals surface area contributed by atoms with Crippen LogP contribution in [0.2, 0.25) is 0 Å². The van der Waals surface area contributed by atoms with Gasteiger partial charge in [0.05, 0.1) is 12.8 Å². The third-order valence-corrected chi connectivity index (χ3v) is 4.89. The molecule has 0 unspecified atom stereocenters. The summed E-state index contributed by atoms with van der Waals surface area (Å²) in [6, 6.07) is 10.1. The first kappa shape index (κ1) is 16.1. The average Bonchev–Trinajstić information content (AvgIpc) is 3.19. The minimum atomic E-state index is -0.212. The fourth-order valence-corrected chi connectivity index (χ4v) is 3.22. The minimum Gasteiger partial charge on any atom is -0.381 e. The van der Waals surface area contributed by atoms with E-state index in [1.807, 2.05) is 10.7 Å². The number of hydrogen-bond acceptors (Lipinski definition) is 3. The van der Waals surface area contributed by atoms with Crippen molar-refractivity contribution in [2.24, 2.45) is 5.92 Å². The number of nitrogens with zero attached hydrogens (tertiary/aromatic N) is 2. The Kier molecular flexibility index (Phi) is 4.70. The fourth-order valence-electron chi connectivity index (χ4n) is 3.22. The lowest BCUT2D eigenvalue weighted by atomic mass is 10.1. The number of amides is 2. The number of rotatable bonds is 6. The van der Waals surface area contributed by atoms with E-state index in [4.69, 9.17) is 4.74 Å². The second-order valence-corrected chi connectivity index (χ2v) is 6.95. The maximum atomic E-state index is 12.2. The molecule has 0 radical (unpaired) electrons. The molecule has 2 N–H and O–H groups in total. The number of benzene rings is 1. The summed E-state index contributed by atoms with van der Waals surface area (Å²) in [5.74, 6) is 1.94. The van der Waals surface area contributed by atoms with Crippen molar-refractivity contribution in [3.05, 3.63) is 47.7 Å². The van der Waals surface area contributed by atoms with Crippen molar-refractivity contribution in [3.63, 3.8) is 0 Å². The molecule has 2 aliphatic rings. The zero-order valence-corrected chi connectivity index (χ0v) is 14.3. The minimum absolute atomic E-state index is 0.212. The molecule has 1 aliphatic heterocycles. The topological polar surface area (TPSA) is 68.2 Å². The van der Waals surface area contributed by atoms with E-state index in [1.165, 1.54) is 18.4 Å². The molecule has 0 bridgehead atoms. The molecule has 2 fully saturated rings. The predicted octanol–water partition coefficient (Wildman–Crippen LogP) is 3.12. The standard InChI is InChI=1S/C19H24N4O2/c24-19(20-11-14-1-3-16(4-2-14)17-5-6-17)22-18-7-9-21-23(18)12-15-8-10-25-13-15/h1-4,7,9,15,17H,5-6,8,10-13H2,(H2,20,22,24)/t15-/m0/s1. The van der Waals surface area contributed by atoms with Crippen LogP contribution in [0.4, 0.5) is 10.6 Å². The van der Waals surface area contributed by atoms with Crippen molar-refractivity contribution in [3.8, 4) is 0 Å². The Bertz CT molecular complexity index is 715. The van der Waals surface area contributed by atoms with Crippen molar-refractivity contribution >= 4 is 11.8 Å². The number of carbonyl (C=O) groups excluding carboxylic acids is 1. The van der Waals surface area contributed by atoms with E-state index in [2.05, 4.69) is 40.0 Å². The van der Waals surface area contributed by atoms with Gasteiger partial charge in [0.2, 0.25) is 0 Å². The Morgan fingerprint density at radius 2 is 2.04 bits per heavy atom. The Balaban J connectivity index is 1.27.